The molecule has 1 unspecified atom stereocenters. The molecule has 1 aliphatic rings. The molecule has 0 saturated carbocycles. The smallest absolute Gasteiger partial charge is 0.387 e. The summed E-state index contributed by atoms with van der Waals surface area (Å²) in [5.41, 5.74) is 0.572. The second-order valence-corrected chi connectivity index (χ2v) is 7.63. The molecule has 1 saturated heterocycles. The van der Waals surface area contributed by atoms with Crippen LogP contribution in [0.3, 0.4) is 0 Å². The average Bonchev–Trinajstić information content (AvgIpc) is 2.84. The van der Waals surface area contributed by atoms with Gasteiger partial charge in [-0.25, -0.2) is 4.98 Å². The highest BCUT2D eigenvalue weighted by Gasteiger charge is 2.30. The summed E-state index contributed by atoms with van der Waals surface area (Å²) in [6, 6.07) is 12.7. The molecule has 176 valence electrons. The van der Waals surface area contributed by atoms with Crippen LogP contribution >= 0.6 is 0 Å². The van der Waals surface area contributed by atoms with Crippen LogP contribution < -0.4 is 14.8 Å². The highest BCUT2D eigenvalue weighted by molar-refractivity contribution is 5.98. The fourth-order valence-corrected chi connectivity index (χ4v) is 3.73. The molecule has 1 N–H and O–H groups in total. The highest BCUT2D eigenvalue weighted by Crippen LogP contribution is 2.27. The van der Waals surface area contributed by atoms with E-state index in [0.29, 0.717) is 36.7 Å². The van der Waals surface area contributed by atoms with E-state index in [1.165, 1.54) is 41.7 Å². The van der Waals surface area contributed by atoms with E-state index in [2.05, 4.69) is 20.0 Å². The van der Waals surface area contributed by atoms with Crippen LogP contribution in [0.15, 0.2) is 67.1 Å². The van der Waals surface area contributed by atoms with Gasteiger partial charge in [0, 0.05) is 37.2 Å². The minimum Gasteiger partial charge on any atom is -0.437 e. The number of alkyl halides is 2. The summed E-state index contributed by atoms with van der Waals surface area (Å²) >= 11 is 0. The van der Waals surface area contributed by atoms with Crippen molar-refractivity contribution in [2.45, 2.75) is 19.5 Å². The zero-order valence-electron chi connectivity index (χ0n) is 18.1. The van der Waals surface area contributed by atoms with Crippen LogP contribution in [0.4, 0.5) is 14.5 Å². The summed E-state index contributed by atoms with van der Waals surface area (Å²) in [5.74, 6) is -0.531. The molecule has 10 heteroatoms. The van der Waals surface area contributed by atoms with Gasteiger partial charge in [0.2, 0.25) is 11.8 Å². The molecule has 2 amide bonds. The largest absolute Gasteiger partial charge is 0.437 e. The van der Waals surface area contributed by atoms with Crippen LogP contribution in [-0.2, 0) is 4.79 Å². The van der Waals surface area contributed by atoms with Crippen molar-refractivity contribution in [1.82, 2.24) is 14.9 Å². The van der Waals surface area contributed by atoms with Crippen molar-refractivity contribution in [1.29, 1.82) is 0 Å². The molecule has 0 aliphatic carbocycles. The molecule has 34 heavy (non-hydrogen) atoms. The van der Waals surface area contributed by atoms with Gasteiger partial charge in [-0.05, 0) is 37.1 Å². The Morgan fingerprint density at radius 1 is 1.12 bits per heavy atom. The van der Waals surface area contributed by atoms with E-state index in [0.717, 1.165) is 0 Å². The second kappa shape index (κ2) is 10.7. The summed E-state index contributed by atoms with van der Waals surface area (Å²) in [4.78, 5) is 35.4. The van der Waals surface area contributed by atoms with Gasteiger partial charge in [-0.1, -0.05) is 18.2 Å². The van der Waals surface area contributed by atoms with Gasteiger partial charge >= 0.3 is 6.61 Å². The Balaban J connectivity index is 1.40. The van der Waals surface area contributed by atoms with E-state index in [1.807, 2.05) is 0 Å². The van der Waals surface area contributed by atoms with Crippen molar-refractivity contribution < 1.29 is 27.8 Å². The number of likely N-dealkylation sites (tertiary alicyclic amines) is 1. The van der Waals surface area contributed by atoms with E-state index in [9.17, 15) is 18.4 Å². The van der Waals surface area contributed by atoms with Crippen LogP contribution in [0.2, 0.25) is 0 Å². The van der Waals surface area contributed by atoms with Gasteiger partial charge in [-0.2, -0.15) is 8.78 Å². The third kappa shape index (κ3) is 5.83. The molecule has 2 aromatic carbocycles. The Labute approximate surface area is 194 Å². The van der Waals surface area contributed by atoms with E-state index >= 15 is 0 Å². The number of hydrogen-bond donors (Lipinski definition) is 1. The lowest BCUT2D eigenvalue weighted by Crippen LogP contribution is -2.43. The van der Waals surface area contributed by atoms with Crippen LogP contribution in [0.5, 0.6) is 17.4 Å². The van der Waals surface area contributed by atoms with E-state index in [4.69, 9.17) is 4.74 Å². The van der Waals surface area contributed by atoms with Crippen LogP contribution in [0.1, 0.15) is 23.2 Å². The Kier molecular flexibility index (Phi) is 7.26. The second-order valence-electron chi connectivity index (χ2n) is 7.63. The lowest BCUT2D eigenvalue weighted by atomic mass is 9.96. The van der Waals surface area contributed by atoms with Gasteiger partial charge in [-0.3, -0.25) is 14.6 Å². The fourth-order valence-electron chi connectivity index (χ4n) is 3.73. The Hall–Kier alpha value is -4.08. The van der Waals surface area contributed by atoms with Crippen molar-refractivity contribution in [3.8, 4) is 17.4 Å². The van der Waals surface area contributed by atoms with Gasteiger partial charge in [0.1, 0.15) is 11.5 Å². The fraction of sp³-hybridized carbons (Fsp3) is 0.250. The Bertz CT molecular complexity index is 1150. The predicted molar refractivity (Wildman–Crippen MR) is 119 cm³/mol. The number of hydrogen-bond acceptors (Lipinski definition) is 6. The topological polar surface area (TPSA) is 93.6 Å². The molecule has 1 aliphatic heterocycles. The van der Waals surface area contributed by atoms with Crippen LogP contribution in [-0.4, -0.2) is 46.4 Å². The minimum atomic E-state index is -3.04. The number of para-hydroxylation sites is 1. The number of amides is 2. The number of anilines is 1. The van der Waals surface area contributed by atoms with Crippen molar-refractivity contribution >= 4 is 17.5 Å². The number of halogens is 2. The lowest BCUT2D eigenvalue weighted by molar-refractivity contribution is -0.121. The zero-order valence-corrected chi connectivity index (χ0v) is 18.1. The predicted octanol–water partition coefficient (Wildman–Crippen LogP) is 4.36. The van der Waals surface area contributed by atoms with E-state index < -0.39 is 18.4 Å². The Morgan fingerprint density at radius 2 is 1.97 bits per heavy atom. The van der Waals surface area contributed by atoms with Crippen LogP contribution in [0, 0.1) is 5.92 Å². The Morgan fingerprint density at radius 3 is 2.76 bits per heavy atom. The first-order chi connectivity index (χ1) is 16.5. The number of nitrogens with zero attached hydrogens (tertiary/aromatic N) is 3. The number of benzene rings is 2. The van der Waals surface area contributed by atoms with Gasteiger partial charge in [0.05, 0.1) is 17.7 Å². The molecular formula is C24H22F2N4O4. The number of carbonyl (C=O) groups excluding carboxylic acids is 2. The third-order valence-corrected chi connectivity index (χ3v) is 5.28. The molecule has 8 nitrogen and oxygen atoms in total. The molecule has 1 fully saturated rings. The maximum atomic E-state index is 13.0. The number of ether oxygens (including phenoxy) is 2. The van der Waals surface area contributed by atoms with Gasteiger partial charge in [-0.15, -0.1) is 0 Å². The number of piperidine rings is 1. The first kappa shape index (κ1) is 23.1. The van der Waals surface area contributed by atoms with Gasteiger partial charge in [0.15, 0.2) is 0 Å². The summed E-state index contributed by atoms with van der Waals surface area (Å²) in [5, 5.41) is 2.86. The summed E-state index contributed by atoms with van der Waals surface area (Å²) in [6.45, 7) is -2.45. The van der Waals surface area contributed by atoms with Crippen molar-refractivity contribution in [3.05, 3.63) is 72.7 Å². The van der Waals surface area contributed by atoms with E-state index in [1.54, 1.807) is 30.3 Å². The molecule has 0 spiro atoms. The normalized spacial score (nSPS) is 15.6. The molecule has 3 aromatic rings. The first-order valence-electron chi connectivity index (χ1n) is 10.7. The summed E-state index contributed by atoms with van der Waals surface area (Å²) in [6.07, 6.45) is 5.72. The maximum Gasteiger partial charge on any atom is 0.387 e. The molecule has 1 atom stereocenters. The number of carbonyl (C=O) groups is 2. The third-order valence-electron chi connectivity index (χ3n) is 5.28. The molecule has 1 aromatic heterocycles. The quantitative estimate of drug-likeness (QED) is 0.554. The average molecular weight is 468 g/mol. The standard InChI is InChI=1S/C24H22F2N4O4/c25-24(26)34-20-9-2-1-8-19(20)23(32)30-12-4-5-16(15-30)22(31)29-17-6-3-7-18(13-17)33-21-14-27-10-11-28-21/h1-3,6-11,13-14,16,24H,4-5,12,15H2,(H,29,31). The van der Waals surface area contributed by atoms with E-state index in [-0.39, 0.29) is 23.8 Å². The number of aromatic nitrogens is 2. The highest BCUT2D eigenvalue weighted by atomic mass is 19.3. The SMILES string of the molecule is O=C(Nc1cccc(Oc2cnccn2)c1)C1CCCN(C(=O)c2ccccc2OC(F)F)C1. The van der Waals surface area contributed by atoms with Gasteiger partial charge in [0.25, 0.3) is 5.91 Å². The summed E-state index contributed by atoms with van der Waals surface area (Å²) < 4.78 is 35.6. The molecule has 0 radical (unpaired) electrons. The molecular weight excluding hydrogens is 446 g/mol. The zero-order chi connectivity index (χ0) is 23.9. The lowest BCUT2D eigenvalue weighted by Gasteiger charge is -2.32. The van der Waals surface area contributed by atoms with Crippen LogP contribution in [0.25, 0.3) is 0 Å². The maximum absolute atomic E-state index is 13.0. The molecule has 0 bridgehead atoms. The molecule has 4 rings (SSSR count). The number of nitrogens with one attached hydrogen (secondary N) is 1. The van der Waals surface area contributed by atoms with Gasteiger partial charge < -0.3 is 19.7 Å². The first-order valence-corrected chi connectivity index (χ1v) is 10.7. The van der Waals surface area contributed by atoms with Crippen molar-refractivity contribution in [3.63, 3.8) is 0 Å². The monoisotopic (exact) mass is 468 g/mol. The van der Waals surface area contributed by atoms with Crippen molar-refractivity contribution in [2.24, 2.45) is 5.92 Å². The molecule has 2 heterocycles. The van der Waals surface area contributed by atoms with Crippen molar-refractivity contribution in [2.75, 3.05) is 18.4 Å². The summed E-state index contributed by atoms with van der Waals surface area (Å²) in [7, 11) is 0. The minimum absolute atomic E-state index is 0.0396. The number of rotatable bonds is 7.